The molecule has 2 rings (SSSR count). The van der Waals surface area contributed by atoms with E-state index in [1.807, 2.05) is 32.0 Å². The molecule has 0 aliphatic rings. The lowest BCUT2D eigenvalue weighted by Gasteiger charge is -2.16. The molecule has 1 atom stereocenters. The summed E-state index contributed by atoms with van der Waals surface area (Å²) in [5, 5.41) is 0. The fraction of sp³-hybridized carbons (Fsp3) is 0.333. The zero-order valence-electron chi connectivity index (χ0n) is 13.0. The highest BCUT2D eigenvalue weighted by molar-refractivity contribution is 5.43. The minimum absolute atomic E-state index is 0.196. The van der Waals surface area contributed by atoms with E-state index in [-0.39, 0.29) is 17.6 Å². The van der Waals surface area contributed by atoms with Crippen LogP contribution in [0.15, 0.2) is 36.4 Å². The van der Waals surface area contributed by atoms with Crippen molar-refractivity contribution < 1.29 is 9.13 Å². The van der Waals surface area contributed by atoms with Crippen LogP contribution < -0.4 is 10.5 Å². The Morgan fingerprint density at radius 3 is 2.29 bits per heavy atom. The molecule has 0 bridgehead atoms. The summed E-state index contributed by atoms with van der Waals surface area (Å²) in [6.07, 6.45) is 0. The first kappa shape index (κ1) is 15.5. The molecule has 2 nitrogen and oxygen atoms in total. The number of aryl methyl sites for hydroxylation is 1. The summed E-state index contributed by atoms with van der Waals surface area (Å²) in [6, 6.07) is 10.7. The Labute approximate surface area is 125 Å². The van der Waals surface area contributed by atoms with Crippen LogP contribution in [0.3, 0.4) is 0 Å². The van der Waals surface area contributed by atoms with E-state index in [2.05, 4.69) is 13.8 Å². The third-order valence-corrected chi connectivity index (χ3v) is 3.49. The zero-order valence-corrected chi connectivity index (χ0v) is 13.0. The normalized spacial score (nSPS) is 12.5. The van der Waals surface area contributed by atoms with Crippen molar-refractivity contribution in [2.24, 2.45) is 5.73 Å². The van der Waals surface area contributed by atoms with Crippen molar-refractivity contribution in [2.45, 2.75) is 39.7 Å². The lowest BCUT2D eigenvalue weighted by molar-refractivity contribution is 0.434. The summed E-state index contributed by atoms with van der Waals surface area (Å²) < 4.78 is 20.0. The molecule has 0 spiro atoms. The Morgan fingerprint density at radius 2 is 1.71 bits per heavy atom. The SMILES string of the molecule is Cc1ccc(C(C)C)c(Oc2ccc(C(C)N)cc2F)c1. The molecule has 2 aromatic rings. The van der Waals surface area contributed by atoms with E-state index in [1.165, 1.54) is 6.07 Å². The Balaban J connectivity index is 2.36. The third-order valence-electron chi connectivity index (χ3n) is 3.49. The number of hydrogen-bond donors (Lipinski definition) is 1. The number of halogens is 1. The molecule has 3 heteroatoms. The van der Waals surface area contributed by atoms with Gasteiger partial charge >= 0.3 is 0 Å². The Morgan fingerprint density at radius 1 is 1.00 bits per heavy atom. The smallest absolute Gasteiger partial charge is 0.166 e. The molecule has 0 fully saturated rings. The van der Waals surface area contributed by atoms with E-state index in [4.69, 9.17) is 10.5 Å². The van der Waals surface area contributed by atoms with Gasteiger partial charge < -0.3 is 10.5 Å². The zero-order chi connectivity index (χ0) is 15.6. The van der Waals surface area contributed by atoms with Gasteiger partial charge in [-0.3, -0.25) is 0 Å². The minimum atomic E-state index is -0.388. The van der Waals surface area contributed by atoms with Gasteiger partial charge in [-0.2, -0.15) is 0 Å². The first-order valence-electron chi connectivity index (χ1n) is 7.22. The number of nitrogens with two attached hydrogens (primary N) is 1. The molecule has 0 aliphatic heterocycles. The highest BCUT2D eigenvalue weighted by Gasteiger charge is 2.12. The predicted molar refractivity (Wildman–Crippen MR) is 84.3 cm³/mol. The van der Waals surface area contributed by atoms with Crippen molar-refractivity contribution in [2.75, 3.05) is 0 Å². The van der Waals surface area contributed by atoms with E-state index < -0.39 is 0 Å². The first-order chi connectivity index (χ1) is 9.88. The van der Waals surface area contributed by atoms with E-state index in [1.54, 1.807) is 12.1 Å². The van der Waals surface area contributed by atoms with Crippen LogP contribution in [-0.4, -0.2) is 0 Å². The second kappa shape index (κ2) is 6.27. The van der Waals surface area contributed by atoms with Crippen molar-refractivity contribution in [3.63, 3.8) is 0 Å². The highest BCUT2D eigenvalue weighted by atomic mass is 19.1. The van der Waals surface area contributed by atoms with Crippen LogP contribution in [-0.2, 0) is 0 Å². The average Bonchev–Trinajstić information content (AvgIpc) is 2.40. The fourth-order valence-electron chi connectivity index (χ4n) is 2.21. The maximum absolute atomic E-state index is 14.1. The number of hydrogen-bond acceptors (Lipinski definition) is 2. The number of benzene rings is 2. The second-order valence-electron chi connectivity index (χ2n) is 5.78. The van der Waals surface area contributed by atoms with Gasteiger partial charge in [0.15, 0.2) is 11.6 Å². The van der Waals surface area contributed by atoms with Crippen LogP contribution in [0.4, 0.5) is 4.39 Å². The first-order valence-corrected chi connectivity index (χ1v) is 7.22. The molecule has 0 aromatic heterocycles. The quantitative estimate of drug-likeness (QED) is 0.852. The Hall–Kier alpha value is -1.87. The van der Waals surface area contributed by atoms with Gasteiger partial charge in [0.1, 0.15) is 5.75 Å². The third kappa shape index (κ3) is 3.61. The van der Waals surface area contributed by atoms with Crippen molar-refractivity contribution in [1.82, 2.24) is 0 Å². The molecule has 0 saturated heterocycles. The maximum atomic E-state index is 14.1. The molecule has 0 radical (unpaired) electrons. The summed E-state index contributed by atoms with van der Waals surface area (Å²) in [4.78, 5) is 0. The molecule has 112 valence electrons. The molecule has 0 saturated carbocycles. The molecule has 0 heterocycles. The van der Waals surface area contributed by atoms with Gasteiger partial charge in [-0.05, 0) is 54.7 Å². The average molecular weight is 287 g/mol. The van der Waals surface area contributed by atoms with Crippen molar-refractivity contribution in [1.29, 1.82) is 0 Å². The van der Waals surface area contributed by atoms with Gasteiger partial charge in [0.2, 0.25) is 0 Å². The van der Waals surface area contributed by atoms with Crippen LogP contribution in [0.5, 0.6) is 11.5 Å². The van der Waals surface area contributed by atoms with E-state index >= 15 is 0 Å². The van der Waals surface area contributed by atoms with Crippen LogP contribution in [0.25, 0.3) is 0 Å². The minimum Gasteiger partial charge on any atom is -0.454 e. The van der Waals surface area contributed by atoms with E-state index in [0.29, 0.717) is 11.7 Å². The lowest BCUT2D eigenvalue weighted by atomic mass is 10.0. The van der Waals surface area contributed by atoms with Crippen LogP contribution >= 0.6 is 0 Å². The summed E-state index contributed by atoms with van der Waals surface area (Å²) in [5.41, 5.74) is 8.67. The monoisotopic (exact) mass is 287 g/mol. The van der Waals surface area contributed by atoms with E-state index in [0.717, 1.165) is 16.7 Å². The Kier molecular flexibility index (Phi) is 4.63. The molecule has 0 aliphatic carbocycles. The van der Waals surface area contributed by atoms with Gasteiger partial charge in [-0.15, -0.1) is 0 Å². The predicted octanol–water partition coefficient (Wildman–Crippen LogP) is 5.07. The molecular weight excluding hydrogens is 265 g/mol. The van der Waals surface area contributed by atoms with E-state index in [9.17, 15) is 4.39 Å². The number of ether oxygens (including phenoxy) is 1. The van der Waals surface area contributed by atoms with Gasteiger partial charge in [-0.25, -0.2) is 4.39 Å². The Bertz CT molecular complexity index is 635. The molecule has 2 aromatic carbocycles. The van der Waals surface area contributed by atoms with Crippen LogP contribution in [0, 0.1) is 12.7 Å². The van der Waals surface area contributed by atoms with Crippen LogP contribution in [0.1, 0.15) is 49.4 Å². The van der Waals surface area contributed by atoms with Gasteiger partial charge in [-0.1, -0.05) is 32.0 Å². The van der Waals surface area contributed by atoms with Crippen molar-refractivity contribution in [3.05, 3.63) is 58.9 Å². The standard InChI is InChI=1S/C18H22FNO/c1-11(2)15-7-5-12(3)9-18(15)21-17-8-6-14(13(4)20)10-16(17)19/h5-11,13H,20H2,1-4H3. The van der Waals surface area contributed by atoms with Gasteiger partial charge in [0.25, 0.3) is 0 Å². The summed E-state index contributed by atoms with van der Waals surface area (Å²) in [5.74, 6) is 0.859. The van der Waals surface area contributed by atoms with Crippen molar-refractivity contribution in [3.8, 4) is 11.5 Å². The molecule has 0 amide bonds. The fourth-order valence-corrected chi connectivity index (χ4v) is 2.21. The van der Waals surface area contributed by atoms with Crippen molar-refractivity contribution >= 4 is 0 Å². The molecule has 21 heavy (non-hydrogen) atoms. The van der Waals surface area contributed by atoms with Gasteiger partial charge in [0, 0.05) is 6.04 Å². The molecular formula is C18H22FNO. The van der Waals surface area contributed by atoms with Crippen LogP contribution in [0.2, 0.25) is 0 Å². The largest absolute Gasteiger partial charge is 0.454 e. The second-order valence-corrected chi connectivity index (χ2v) is 5.78. The topological polar surface area (TPSA) is 35.2 Å². The summed E-state index contributed by atoms with van der Waals surface area (Å²) >= 11 is 0. The molecule has 2 N–H and O–H groups in total. The summed E-state index contributed by atoms with van der Waals surface area (Å²) in [7, 11) is 0. The number of rotatable bonds is 4. The lowest BCUT2D eigenvalue weighted by Crippen LogP contribution is -2.05. The maximum Gasteiger partial charge on any atom is 0.166 e. The van der Waals surface area contributed by atoms with Gasteiger partial charge in [0.05, 0.1) is 0 Å². The molecule has 1 unspecified atom stereocenters. The highest BCUT2D eigenvalue weighted by Crippen LogP contribution is 2.33. The summed E-state index contributed by atoms with van der Waals surface area (Å²) in [6.45, 7) is 8.00.